The maximum Gasteiger partial charge on any atom is 0.238 e. The molecule has 0 amide bonds. The van der Waals surface area contributed by atoms with E-state index >= 15 is 0 Å². The van der Waals surface area contributed by atoms with E-state index in [1.807, 2.05) is 30.5 Å². The lowest BCUT2D eigenvalue weighted by Crippen LogP contribution is -2.50. The minimum absolute atomic E-state index is 0.110. The van der Waals surface area contributed by atoms with Crippen molar-refractivity contribution in [2.24, 2.45) is 4.99 Å². The third kappa shape index (κ3) is 2.33. The molecule has 1 aromatic carbocycles. The summed E-state index contributed by atoms with van der Waals surface area (Å²) in [5.74, 6) is 0.658. The number of aliphatic hydroxyl groups excluding tert-OH is 2. The SMILES string of the molecule is OCCC[N+]1(c2ccc(Cl)cc2)C=CN=C1CO. The summed E-state index contributed by atoms with van der Waals surface area (Å²) >= 11 is 5.89. The molecule has 2 N–H and O–H groups in total. The fraction of sp³-hybridized carbons (Fsp3) is 0.308. The van der Waals surface area contributed by atoms with E-state index in [-0.39, 0.29) is 13.2 Å². The normalized spacial score (nSPS) is 22.3. The first kappa shape index (κ1) is 13.2. The summed E-state index contributed by atoms with van der Waals surface area (Å²) in [6, 6.07) is 7.47. The number of aliphatic imine (C=N–C) groups is 1. The Balaban J connectivity index is 2.39. The highest BCUT2D eigenvalue weighted by Gasteiger charge is 2.37. The van der Waals surface area contributed by atoms with Gasteiger partial charge in [0.05, 0.1) is 12.7 Å². The van der Waals surface area contributed by atoms with Crippen LogP contribution in [0.5, 0.6) is 0 Å². The first-order valence-electron chi connectivity index (χ1n) is 5.83. The zero-order valence-electron chi connectivity index (χ0n) is 9.96. The van der Waals surface area contributed by atoms with Gasteiger partial charge in [-0.15, -0.1) is 0 Å². The van der Waals surface area contributed by atoms with Crippen molar-refractivity contribution < 1.29 is 10.2 Å². The summed E-state index contributed by atoms with van der Waals surface area (Å²) in [5.41, 5.74) is 0.981. The van der Waals surface area contributed by atoms with Gasteiger partial charge in [-0.05, 0) is 12.1 Å². The third-order valence-corrected chi connectivity index (χ3v) is 3.36. The molecule has 1 aliphatic heterocycles. The Bertz CT molecular complexity index is 470. The number of halogens is 1. The number of nitrogens with zero attached hydrogens (tertiary/aromatic N) is 2. The molecule has 4 nitrogen and oxygen atoms in total. The fourth-order valence-corrected chi connectivity index (χ4v) is 2.31. The van der Waals surface area contributed by atoms with Gasteiger partial charge in [0.25, 0.3) is 0 Å². The topological polar surface area (TPSA) is 52.8 Å². The molecule has 0 saturated heterocycles. The second-order valence-electron chi connectivity index (χ2n) is 4.15. The van der Waals surface area contributed by atoms with Crippen LogP contribution in [0, 0.1) is 0 Å². The average molecular weight is 268 g/mol. The van der Waals surface area contributed by atoms with E-state index in [0.717, 1.165) is 5.69 Å². The molecule has 1 aromatic rings. The molecule has 1 atom stereocenters. The predicted molar refractivity (Wildman–Crippen MR) is 73.5 cm³/mol. The van der Waals surface area contributed by atoms with Crippen LogP contribution in [0.15, 0.2) is 41.7 Å². The van der Waals surface area contributed by atoms with Crippen LogP contribution in [0.4, 0.5) is 5.69 Å². The Morgan fingerprint density at radius 1 is 1.17 bits per heavy atom. The van der Waals surface area contributed by atoms with E-state index in [1.165, 1.54) is 0 Å². The quantitative estimate of drug-likeness (QED) is 0.801. The molecule has 0 radical (unpaired) electrons. The van der Waals surface area contributed by atoms with Gasteiger partial charge in [-0.1, -0.05) is 11.6 Å². The standard InChI is InChI=1S/C13H16ClN2O2/c14-11-2-4-12(5-3-11)16(7-1-9-17)8-6-15-13(16)10-18/h2-6,8,17-18H,1,7,9-10H2/q+1. The highest BCUT2D eigenvalue weighted by Crippen LogP contribution is 2.30. The molecule has 1 unspecified atom stereocenters. The van der Waals surface area contributed by atoms with Crippen LogP contribution >= 0.6 is 11.6 Å². The van der Waals surface area contributed by atoms with E-state index < -0.39 is 0 Å². The highest BCUT2D eigenvalue weighted by atomic mass is 35.5. The van der Waals surface area contributed by atoms with Crippen molar-refractivity contribution in [3.8, 4) is 0 Å². The van der Waals surface area contributed by atoms with Crippen molar-refractivity contribution in [1.82, 2.24) is 4.48 Å². The van der Waals surface area contributed by atoms with Crippen LogP contribution in [0.1, 0.15) is 6.42 Å². The van der Waals surface area contributed by atoms with E-state index in [1.54, 1.807) is 6.20 Å². The number of benzene rings is 1. The number of quaternary nitrogens is 1. The van der Waals surface area contributed by atoms with Gasteiger partial charge >= 0.3 is 0 Å². The maximum atomic E-state index is 9.44. The van der Waals surface area contributed by atoms with Crippen molar-refractivity contribution in [3.05, 3.63) is 41.7 Å². The van der Waals surface area contributed by atoms with Gasteiger partial charge in [-0.2, -0.15) is 0 Å². The molecule has 0 saturated carbocycles. The third-order valence-electron chi connectivity index (χ3n) is 3.10. The van der Waals surface area contributed by atoms with Crippen LogP contribution in [-0.2, 0) is 0 Å². The zero-order valence-corrected chi connectivity index (χ0v) is 10.7. The monoisotopic (exact) mass is 267 g/mol. The Labute approximate surface area is 111 Å². The molecule has 1 aliphatic rings. The zero-order chi connectivity index (χ0) is 13.0. The average Bonchev–Trinajstić information content (AvgIpc) is 2.81. The molecule has 0 spiro atoms. The van der Waals surface area contributed by atoms with Gasteiger partial charge in [0.15, 0.2) is 0 Å². The summed E-state index contributed by atoms with van der Waals surface area (Å²) < 4.78 is 0.355. The van der Waals surface area contributed by atoms with Crippen LogP contribution in [0.2, 0.25) is 5.02 Å². The molecule has 2 rings (SSSR count). The molecular weight excluding hydrogens is 252 g/mol. The molecule has 0 fully saturated rings. The Hall–Kier alpha value is -1.20. The van der Waals surface area contributed by atoms with E-state index in [4.69, 9.17) is 16.7 Å². The number of rotatable bonds is 5. The fourth-order valence-electron chi connectivity index (χ4n) is 2.18. The van der Waals surface area contributed by atoms with Crippen LogP contribution in [0.3, 0.4) is 0 Å². The van der Waals surface area contributed by atoms with Crippen molar-refractivity contribution >= 4 is 23.1 Å². The summed E-state index contributed by atoms with van der Waals surface area (Å²) in [6.07, 6.45) is 4.24. The molecule has 5 heteroatoms. The molecular formula is C13H16ClN2O2+. The Morgan fingerprint density at radius 3 is 2.50 bits per heavy atom. The summed E-state index contributed by atoms with van der Waals surface area (Å²) in [7, 11) is 0. The van der Waals surface area contributed by atoms with Crippen LogP contribution in [-0.4, -0.2) is 35.8 Å². The van der Waals surface area contributed by atoms with Gasteiger partial charge in [-0.25, -0.2) is 9.48 Å². The lowest BCUT2D eigenvalue weighted by molar-refractivity contribution is 0.274. The molecule has 0 aromatic heterocycles. The number of hydrogen-bond acceptors (Lipinski definition) is 3. The van der Waals surface area contributed by atoms with Gasteiger partial charge < -0.3 is 10.2 Å². The summed E-state index contributed by atoms with van der Waals surface area (Å²) in [4.78, 5) is 4.20. The second-order valence-corrected chi connectivity index (χ2v) is 4.58. The Morgan fingerprint density at radius 2 is 1.89 bits per heavy atom. The molecule has 0 bridgehead atoms. The smallest absolute Gasteiger partial charge is 0.238 e. The molecule has 1 heterocycles. The minimum Gasteiger partial charge on any atom is -0.396 e. The first-order valence-corrected chi connectivity index (χ1v) is 6.21. The molecule has 96 valence electrons. The van der Waals surface area contributed by atoms with E-state index in [0.29, 0.717) is 28.3 Å². The summed E-state index contributed by atoms with van der Waals surface area (Å²) in [6.45, 7) is 0.662. The maximum absolute atomic E-state index is 9.44. The van der Waals surface area contributed by atoms with Gasteiger partial charge in [0, 0.05) is 30.2 Å². The van der Waals surface area contributed by atoms with Crippen molar-refractivity contribution in [2.45, 2.75) is 6.42 Å². The lowest BCUT2D eigenvalue weighted by Gasteiger charge is -2.31. The number of aliphatic hydroxyl groups is 2. The summed E-state index contributed by atoms with van der Waals surface area (Å²) in [5, 5.41) is 19.1. The highest BCUT2D eigenvalue weighted by molar-refractivity contribution is 6.30. The van der Waals surface area contributed by atoms with Crippen molar-refractivity contribution in [2.75, 3.05) is 19.8 Å². The van der Waals surface area contributed by atoms with Crippen LogP contribution in [0.25, 0.3) is 0 Å². The minimum atomic E-state index is -0.110. The number of amidine groups is 1. The molecule has 18 heavy (non-hydrogen) atoms. The Kier molecular flexibility index (Phi) is 4.14. The van der Waals surface area contributed by atoms with Gasteiger partial charge in [0.2, 0.25) is 5.84 Å². The van der Waals surface area contributed by atoms with E-state index in [2.05, 4.69) is 4.99 Å². The molecule has 0 aliphatic carbocycles. The first-order chi connectivity index (χ1) is 8.73. The van der Waals surface area contributed by atoms with Gasteiger partial charge in [-0.3, -0.25) is 0 Å². The van der Waals surface area contributed by atoms with Crippen molar-refractivity contribution in [3.63, 3.8) is 0 Å². The lowest BCUT2D eigenvalue weighted by atomic mass is 10.2. The predicted octanol–water partition coefficient (Wildman–Crippen LogP) is 1.91. The number of hydrogen-bond donors (Lipinski definition) is 2. The van der Waals surface area contributed by atoms with E-state index in [9.17, 15) is 5.11 Å². The van der Waals surface area contributed by atoms with Crippen LogP contribution < -0.4 is 4.48 Å². The van der Waals surface area contributed by atoms with Crippen molar-refractivity contribution in [1.29, 1.82) is 0 Å². The largest absolute Gasteiger partial charge is 0.396 e. The second kappa shape index (κ2) is 5.63. The van der Waals surface area contributed by atoms with Gasteiger partial charge in [0.1, 0.15) is 18.5 Å².